The van der Waals surface area contributed by atoms with Crippen LogP contribution >= 0.6 is 0 Å². The summed E-state index contributed by atoms with van der Waals surface area (Å²) in [4.78, 5) is 0. The summed E-state index contributed by atoms with van der Waals surface area (Å²) in [5.41, 5.74) is 0. The van der Waals surface area contributed by atoms with Crippen LogP contribution in [0.5, 0.6) is 0 Å². The van der Waals surface area contributed by atoms with Crippen molar-refractivity contribution in [2.75, 3.05) is 5.75 Å². The first kappa shape index (κ1) is 7.78. The fourth-order valence-corrected chi connectivity index (χ4v) is 4.55. The van der Waals surface area contributed by atoms with E-state index in [0.29, 0.717) is 4.75 Å². The highest BCUT2D eigenvalue weighted by Gasteiger charge is 2.50. The molecule has 11 heavy (non-hydrogen) atoms. The zero-order chi connectivity index (χ0) is 7.90. The van der Waals surface area contributed by atoms with Gasteiger partial charge in [-0.3, -0.25) is 4.21 Å². The fraction of sp³-hybridized carbons (Fsp3) is 1.00. The predicted molar refractivity (Wildman–Crippen MR) is 48.0 cm³/mol. The van der Waals surface area contributed by atoms with E-state index in [2.05, 4.69) is 0 Å². The van der Waals surface area contributed by atoms with Crippen molar-refractivity contribution in [2.24, 2.45) is 5.92 Å². The Bertz CT molecular complexity index is 176. The third-order valence-corrected chi connectivity index (χ3v) is 5.34. The molecule has 0 aromatic rings. The summed E-state index contributed by atoms with van der Waals surface area (Å²) < 4.78 is 11.9. The highest BCUT2D eigenvalue weighted by Crippen LogP contribution is 2.52. The van der Waals surface area contributed by atoms with E-state index in [1.165, 1.54) is 32.1 Å². The Labute approximate surface area is 71.0 Å². The molecule has 0 spiro atoms. The fourth-order valence-electron chi connectivity index (χ4n) is 2.72. The van der Waals surface area contributed by atoms with E-state index in [4.69, 9.17) is 0 Å². The van der Waals surface area contributed by atoms with Gasteiger partial charge in [-0.15, -0.1) is 0 Å². The molecule has 0 saturated heterocycles. The molecule has 3 fully saturated rings. The van der Waals surface area contributed by atoms with Crippen LogP contribution in [0.4, 0.5) is 0 Å². The molecule has 3 aliphatic carbocycles. The second-order valence-electron chi connectivity index (χ2n) is 3.98. The average molecular weight is 172 g/mol. The molecule has 3 aliphatic rings. The van der Waals surface area contributed by atoms with Crippen LogP contribution in [-0.4, -0.2) is 14.7 Å². The molecule has 2 bridgehead atoms. The Hall–Kier alpha value is 0.150. The van der Waals surface area contributed by atoms with Gasteiger partial charge in [-0.2, -0.15) is 0 Å². The van der Waals surface area contributed by atoms with Gasteiger partial charge in [0.05, 0.1) is 0 Å². The van der Waals surface area contributed by atoms with Crippen molar-refractivity contribution in [1.82, 2.24) is 0 Å². The standard InChI is InChI=1S/C9H16OS/c1-2-11(10)9-5-3-4-8(6-9)7-9/h8H,2-7H2,1H3. The van der Waals surface area contributed by atoms with E-state index in [-0.39, 0.29) is 0 Å². The molecule has 2 heteroatoms. The first-order valence-corrected chi connectivity index (χ1v) is 5.97. The van der Waals surface area contributed by atoms with Crippen molar-refractivity contribution in [1.29, 1.82) is 0 Å². The molecule has 0 aromatic heterocycles. The number of hydrogen-bond donors (Lipinski definition) is 0. The predicted octanol–water partition coefficient (Wildman–Crippen LogP) is 2.09. The normalized spacial score (nSPS) is 44.6. The van der Waals surface area contributed by atoms with E-state index in [1.807, 2.05) is 6.92 Å². The lowest BCUT2D eigenvalue weighted by Crippen LogP contribution is -2.51. The van der Waals surface area contributed by atoms with Gasteiger partial charge in [0, 0.05) is 21.3 Å². The minimum atomic E-state index is -0.513. The number of fused-ring (bicyclic) bond motifs is 2. The van der Waals surface area contributed by atoms with Crippen LogP contribution in [0, 0.1) is 5.92 Å². The first-order valence-electron chi connectivity index (χ1n) is 4.65. The molecular weight excluding hydrogens is 156 g/mol. The number of rotatable bonds is 2. The summed E-state index contributed by atoms with van der Waals surface area (Å²) in [5, 5.41) is 0. The largest absolute Gasteiger partial charge is 0.259 e. The van der Waals surface area contributed by atoms with E-state index in [1.54, 1.807) is 0 Å². The van der Waals surface area contributed by atoms with Crippen LogP contribution in [0.1, 0.15) is 39.0 Å². The second-order valence-corrected chi connectivity index (χ2v) is 6.12. The molecule has 1 unspecified atom stereocenters. The van der Waals surface area contributed by atoms with Gasteiger partial charge in [0.2, 0.25) is 0 Å². The Balaban J connectivity index is 2.06. The van der Waals surface area contributed by atoms with Crippen molar-refractivity contribution >= 4 is 10.8 Å². The third-order valence-electron chi connectivity index (χ3n) is 3.31. The Morgan fingerprint density at radius 1 is 1.55 bits per heavy atom. The summed E-state index contributed by atoms with van der Waals surface area (Å²) in [6, 6.07) is 0. The van der Waals surface area contributed by atoms with E-state index >= 15 is 0 Å². The lowest BCUT2D eigenvalue weighted by Gasteiger charge is -2.51. The molecule has 0 N–H and O–H groups in total. The Kier molecular flexibility index (Phi) is 1.82. The van der Waals surface area contributed by atoms with Gasteiger partial charge in [0.15, 0.2) is 0 Å². The SMILES string of the molecule is CCS(=O)C12CCCC(C1)C2. The zero-order valence-electron chi connectivity index (χ0n) is 7.14. The molecule has 3 rings (SSSR count). The minimum Gasteiger partial charge on any atom is -0.259 e. The van der Waals surface area contributed by atoms with Gasteiger partial charge in [-0.1, -0.05) is 19.8 Å². The molecule has 3 saturated carbocycles. The molecule has 0 heterocycles. The summed E-state index contributed by atoms with van der Waals surface area (Å²) in [6.07, 6.45) is 6.52. The smallest absolute Gasteiger partial charge is 0.0464 e. The first-order chi connectivity index (χ1) is 5.27. The third kappa shape index (κ3) is 1.07. The van der Waals surface area contributed by atoms with Crippen LogP contribution in [0.2, 0.25) is 0 Å². The van der Waals surface area contributed by atoms with Crippen molar-refractivity contribution in [3.05, 3.63) is 0 Å². The highest BCUT2D eigenvalue weighted by molar-refractivity contribution is 7.86. The summed E-state index contributed by atoms with van der Waals surface area (Å²) >= 11 is 0. The van der Waals surface area contributed by atoms with Crippen LogP contribution < -0.4 is 0 Å². The molecule has 0 amide bonds. The van der Waals surface area contributed by atoms with Crippen molar-refractivity contribution in [3.63, 3.8) is 0 Å². The summed E-state index contributed by atoms with van der Waals surface area (Å²) in [6.45, 7) is 2.05. The molecular formula is C9H16OS. The van der Waals surface area contributed by atoms with E-state index in [9.17, 15) is 4.21 Å². The van der Waals surface area contributed by atoms with Gasteiger partial charge >= 0.3 is 0 Å². The van der Waals surface area contributed by atoms with Crippen molar-refractivity contribution in [3.8, 4) is 0 Å². The average Bonchev–Trinajstić information content (AvgIpc) is 2.02. The molecule has 1 atom stereocenters. The van der Waals surface area contributed by atoms with Crippen molar-refractivity contribution in [2.45, 2.75) is 43.8 Å². The van der Waals surface area contributed by atoms with Crippen LogP contribution in [0.25, 0.3) is 0 Å². The van der Waals surface area contributed by atoms with Crippen LogP contribution in [0.3, 0.4) is 0 Å². The maximum absolute atomic E-state index is 11.6. The van der Waals surface area contributed by atoms with Gasteiger partial charge < -0.3 is 0 Å². The summed E-state index contributed by atoms with van der Waals surface area (Å²) in [7, 11) is -0.513. The quantitative estimate of drug-likeness (QED) is 0.623. The van der Waals surface area contributed by atoms with Crippen LogP contribution in [-0.2, 0) is 10.8 Å². The number of hydrogen-bond acceptors (Lipinski definition) is 1. The molecule has 0 aliphatic heterocycles. The lowest BCUT2D eigenvalue weighted by atomic mass is 9.64. The van der Waals surface area contributed by atoms with Crippen LogP contribution in [0.15, 0.2) is 0 Å². The highest BCUT2D eigenvalue weighted by atomic mass is 32.2. The van der Waals surface area contributed by atoms with Gasteiger partial charge in [0.25, 0.3) is 0 Å². The van der Waals surface area contributed by atoms with Gasteiger partial charge in [-0.05, 0) is 25.2 Å². The van der Waals surface area contributed by atoms with Crippen molar-refractivity contribution < 1.29 is 4.21 Å². The monoisotopic (exact) mass is 172 g/mol. The Morgan fingerprint density at radius 2 is 2.27 bits per heavy atom. The van der Waals surface area contributed by atoms with E-state index < -0.39 is 10.8 Å². The van der Waals surface area contributed by atoms with Gasteiger partial charge in [0.1, 0.15) is 0 Å². The minimum absolute atomic E-state index is 0.303. The van der Waals surface area contributed by atoms with Gasteiger partial charge in [-0.25, -0.2) is 0 Å². The lowest BCUT2D eigenvalue weighted by molar-refractivity contribution is 0.143. The summed E-state index contributed by atoms with van der Waals surface area (Å²) in [5.74, 6) is 1.81. The topological polar surface area (TPSA) is 17.1 Å². The molecule has 0 aromatic carbocycles. The maximum atomic E-state index is 11.6. The second kappa shape index (κ2) is 2.58. The Morgan fingerprint density at radius 3 is 2.73 bits per heavy atom. The molecule has 1 nitrogen and oxygen atoms in total. The van der Waals surface area contributed by atoms with E-state index in [0.717, 1.165) is 11.7 Å². The zero-order valence-corrected chi connectivity index (χ0v) is 7.95. The maximum Gasteiger partial charge on any atom is 0.0464 e. The molecule has 0 radical (unpaired) electrons. The molecule has 64 valence electrons.